The van der Waals surface area contributed by atoms with Gasteiger partial charge in [-0.1, -0.05) is 6.07 Å². The molecule has 0 aliphatic rings. The quantitative estimate of drug-likeness (QED) is 0.807. The fourth-order valence-electron chi connectivity index (χ4n) is 1.62. The number of aromatic carboxylic acids is 1. The molecule has 21 heavy (non-hydrogen) atoms. The Balaban J connectivity index is 2.84. The normalized spacial score (nSPS) is 10.1. The van der Waals surface area contributed by atoms with E-state index in [-0.39, 0.29) is 18.2 Å². The molecule has 0 radical (unpaired) electrons. The lowest BCUT2D eigenvalue weighted by Crippen LogP contribution is -2.43. The number of carbonyl (C=O) groups excluding carboxylic acids is 2. The van der Waals surface area contributed by atoms with Gasteiger partial charge in [0.05, 0.1) is 12.7 Å². The summed E-state index contributed by atoms with van der Waals surface area (Å²) in [6.07, 6.45) is 0. The van der Waals surface area contributed by atoms with E-state index in [2.05, 4.69) is 10.1 Å². The highest BCUT2D eigenvalue weighted by atomic mass is 16.5. The van der Waals surface area contributed by atoms with Crippen LogP contribution >= 0.6 is 0 Å². The van der Waals surface area contributed by atoms with E-state index >= 15 is 0 Å². The Kier molecular flexibility index (Phi) is 5.71. The molecular formula is C14H18N2O5. The average Bonchev–Trinajstić information content (AvgIpc) is 2.44. The van der Waals surface area contributed by atoms with Gasteiger partial charge in [-0.2, -0.15) is 0 Å². The van der Waals surface area contributed by atoms with Gasteiger partial charge in [-0.25, -0.2) is 9.59 Å². The number of carbonyl (C=O) groups is 3. The van der Waals surface area contributed by atoms with Gasteiger partial charge in [-0.05, 0) is 32.0 Å². The monoisotopic (exact) mass is 294 g/mol. The number of amides is 2. The van der Waals surface area contributed by atoms with Crippen molar-refractivity contribution in [2.75, 3.05) is 19.0 Å². The first-order chi connectivity index (χ1) is 9.85. The number of carboxylic acids is 1. The molecular weight excluding hydrogens is 276 g/mol. The van der Waals surface area contributed by atoms with Gasteiger partial charge in [0.25, 0.3) is 0 Å². The smallest absolute Gasteiger partial charge is 0.335 e. The molecule has 1 aromatic carbocycles. The van der Waals surface area contributed by atoms with Crippen molar-refractivity contribution < 1.29 is 24.2 Å². The van der Waals surface area contributed by atoms with Crippen LogP contribution in [0.4, 0.5) is 10.5 Å². The highest BCUT2D eigenvalue weighted by Crippen LogP contribution is 2.12. The summed E-state index contributed by atoms with van der Waals surface area (Å²) < 4.78 is 4.54. The van der Waals surface area contributed by atoms with Crippen LogP contribution in [0.5, 0.6) is 0 Å². The van der Waals surface area contributed by atoms with Crippen molar-refractivity contribution in [1.82, 2.24) is 4.90 Å². The highest BCUT2D eigenvalue weighted by molar-refractivity contribution is 5.94. The molecule has 2 amide bonds. The minimum atomic E-state index is -1.08. The third kappa shape index (κ3) is 4.79. The zero-order chi connectivity index (χ0) is 16.0. The van der Waals surface area contributed by atoms with Crippen molar-refractivity contribution in [3.8, 4) is 0 Å². The first-order valence-electron chi connectivity index (χ1n) is 6.33. The Morgan fingerprint density at radius 1 is 1.33 bits per heavy atom. The molecule has 0 spiro atoms. The van der Waals surface area contributed by atoms with Gasteiger partial charge in [-0.3, -0.25) is 4.79 Å². The first-order valence-corrected chi connectivity index (χ1v) is 6.33. The zero-order valence-corrected chi connectivity index (χ0v) is 12.1. The lowest BCUT2D eigenvalue weighted by molar-refractivity contribution is -0.141. The van der Waals surface area contributed by atoms with Crippen LogP contribution in [-0.2, 0) is 9.53 Å². The Hall–Kier alpha value is -2.57. The Bertz CT molecular complexity index is 542. The van der Waals surface area contributed by atoms with E-state index < -0.39 is 18.0 Å². The molecule has 0 unspecified atom stereocenters. The molecule has 0 bridgehead atoms. The van der Waals surface area contributed by atoms with Crippen molar-refractivity contribution in [3.63, 3.8) is 0 Å². The summed E-state index contributed by atoms with van der Waals surface area (Å²) in [5.41, 5.74) is 0.410. The number of hydrogen-bond acceptors (Lipinski definition) is 4. The number of anilines is 1. The molecule has 114 valence electrons. The fraction of sp³-hybridized carbons (Fsp3) is 0.357. The van der Waals surface area contributed by atoms with E-state index in [1.54, 1.807) is 19.9 Å². The maximum Gasteiger partial charge on any atom is 0.335 e. The molecule has 1 aromatic rings. The number of hydrogen-bond donors (Lipinski definition) is 2. The Morgan fingerprint density at radius 2 is 2.00 bits per heavy atom. The zero-order valence-electron chi connectivity index (χ0n) is 12.1. The summed E-state index contributed by atoms with van der Waals surface area (Å²) in [6, 6.07) is 5.15. The van der Waals surface area contributed by atoms with E-state index in [9.17, 15) is 14.4 Å². The van der Waals surface area contributed by atoms with Crippen LogP contribution in [0.3, 0.4) is 0 Å². The minimum Gasteiger partial charge on any atom is -0.478 e. The second-order valence-electron chi connectivity index (χ2n) is 4.61. The molecule has 0 aliphatic carbocycles. The van der Waals surface area contributed by atoms with Crippen LogP contribution in [0, 0.1) is 0 Å². The average molecular weight is 294 g/mol. The molecule has 7 heteroatoms. The van der Waals surface area contributed by atoms with E-state index in [1.165, 1.54) is 30.2 Å². The lowest BCUT2D eigenvalue weighted by Gasteiger charge is -2.25. The number of rotatable bonds is 5. The van der Waals surface area contributed by atoms with E-state index in [4.69, 9.17) is 5.11 Å². The van der Waals surface area contributed by atoms with Crippen LogP contribution in [0.1, 0.15) is 24.2 Å². The molecule has 2 N–H and O–H groups in total. The summed E-state index contributed by atoms with van der Waals surface area (Å²) in [6.45, 7) is 3.34. The largest absolute Gasteiger partial charge is 0.478 e. The van der Waals surface area contributed by atoms with Crippen molar-refractivity contribution in [2.45, 2.75) is 19.9 Å². The van der Waals surface area contributed by atoms with E-state index in [0.717, 1.165) is 0 Å². The molecule has 0 heterocycles. The number of urea groups is 1. The summed E-state index contributed by atoms with van der Waals surface area (Å²) >= 11 is 0. The molecule has 0 aromatic heterocycles. The Labute approximate surface area is 122 Å². The molecule has 0 saturated carbocycles. The maximum absolute atomic E-state index is 12.1. The van der Waals surface area contributed by atoms with Gasteiger partial charge >= 0.3 is 18.0 Å². The molecule has 0 fully saturated rings. The minimum absolute atomic E-state index is 0.0665. The number of nitrogens with zero attached hydrogens (tertiary/aromatic N) is 1. The lowest BCUT2D eigenvalue weighted by atomic mass is 10.2. The molecule has 0 aliphatic heterocycles. The van der Waals surface area contributed by atoms with Crippen molar-refractivity contribution in [2.24, 2.45) is 0 Å². The third-order valence-corrected chi connectivity index (χ3v) is 2.77. The first kappa shape index (κ1) is 16.5. The van der Waals surface area contributed by atoms with Crippen molar-refractivity contribution in [3.05, 3.63) is 29.8 Å². The number of benzene rings is 1. The van der Waals surface area contributed by atoms with Crippen molar-refractivity contribution >= 4 is 23.7 Å². The van der Waals surface area contributed by atoms with Crippen LogP contribution in [0.15, 0.2) is 24.3 Å². The van der Waals surface area contributed by atoms with Crippen LogP contribution in [0.25, 0.3) is 0 Å². The van der Waals surface area contributed by atoms with Gasteiger partial charge in [0.2, 0.25) is 0 Å². The highest BCUT2D eigenvalue weighted by Gasteiger charge is 2.20. The number of ether oxygens (including phenoxy) is 1. The van der Waals surface area contributed by atoms with E-state index in [0.29, 0.717) is 5.69 Å². The van der Waals surface area contributed by atoms with Crippen molar-refractivity contribution in [1.29, 1.82) is 0 Å². The second-order valence-corrected chi connectivity index (χ2v) is 4.61. The summed E-state index contributed by atoms with van der Waals surface area (Å²) in [7, 11) is 1.25. The predicted octanol–water partition coefficient (Wildman–Crippen LogP) is 1.80. The Morgan fingerprint density at radius 3 is 2.52 bits per heavy atom. The van der Waals surface area contributed by atoms with E-state index in [1.807, 2.05) is 0 Å². The number of carboxylic acid groups (broad SMARTS) is 1. The molecule has 7 nitrogen and oxygen atoms in total. The molecule has 1 rings (SSSR count). The van der Waals surface area contributed by atoms with Gasteiger partial charge in [-0.15, -0.1) is 0 Å². The summed E-state index contributed by atoms with van der Waals surface area (Å²) in [5.74, 6) is -1.61. The second kappa shape index (κ2) is 7.28. The van der Waals surface area contributed by atoms with Gasteiger partial charge < -0.3 is 20.1 Å². The number of esters is 1. The standard InChI is InChI=1S/C14H18N2O5/c1-9(2)16(8-12(17)21-3)14(20)15-11-6-4-5-10(7-11)13(18)19/h4-7,9H,8H2,1-3H3,(H,15,20)(H,18,19). The predicted molar refractivity (Wildman–Crippen MR) is 76.3 cm³/mol. The fourth-order valence-corrected chi connectivity index (χ4v) is 1.62. The van der Waals surface area contributed by atoms with Crippen LogP contribution < -0.4 is 5.32 Å². The number of nitrogens with one attached hydrogen (secondary N) is 1. The van der Waals surface area contributed by atoms with Crippen LogP contribution in [0.2, 0.25) is 0 Å². The molecule has 0 saturated heterocycles. The van der Waals surface area contributed by atoms with Crippen LogP contribution in [-0.4, -0.2) is 47.7 Å². The number of methoxy groups -OCH3 is 1. The SMILES string of the molecule is COC(=O)CN(C(=O)Nc1cccc(C(=O)O)c1)C(C)C. The summed E-state index contributed by atoms with van der Waals surface area (Å²) in [4.78, 5) is 35.6. The van der Waals surface area contributed by atoms with Gasteiger partial charge in [0, 0.05) is 11.7 Å². The van der Waals surface area contributed by atoms with Gasteiger partial charge in [0.15, 0.2) is 0 Å². The van der Waals surface area contributed by atoms with Gasteiger partial charge in [0.1, 0.15) is 6.54 Å². The molecule has 0 atom stereocenters. The third-order valence-electron chi connectivity index (χ3n) is 2.77. The topological polar surface area (TPSA) is 95.9 Å². The maximum atomic E-state index is 12.1. The summed E-state index contributed by atoms with van der Waals surface area (Å²) in [5, 5.41) is 11.5.